The molecule has 0 amide bonds. The molecule has 0 aliphatic heterocycles. The molecule has 0 spiro atoms. The maximum absolute atomic E-state index is 6.17. The molecule has 140 valence electrons. The zero-order valence-corrected chi connectivity index (χ0v) is 17.6. The average molecular weight is 345 g/mol. The van der Waals surface area contributed by atoms with Crippen LogP contribution in [0.2, 0.25) is 12.1 Å². The normalized spacial score (nSPS) is 12.0. The van der Waals surface area contributed by atoms with Crippen molar-refractivity contribution < 1.29 is 8.85 Å². The highest BCUT2D eigenvalue weighted by Crippen LogP contribution is 2.25. The van der Waals surface area contributed by atoms with Crippen molar-refractivity contribution in [3.05, 3.63) is 0 Å². The second-order valence-electron chi connectivity index (χ2n) is 6.81. The van der Waals surface area contributed by atoms with Crippen molar-refractivity contribution in [2.45, 2.75) is 117 Å². The van der Waals surface area contributed by atoms with E-state index in [0.717, 1.165) is 13.2 Å². The van der Waals surface area contributed by atoms with Crippen LogP contribution < -0.4 is 0 Å². The smallest absolute Gasteiger partial charge is 0.338 e. The van der Waals surface area contributed by atoms with E-state index in [-0.39, 0.29) is 0 Å². The summed E-state index contributed by atoms with van der Waals surface area (Å²) in [5.41, 5.74) is 0. The van der Waals surface area contributed by atoms with Gasteiger partial charge in [0.25, 0.3) is 0 Å². The quantitative estimate of drug-likeness (QED) is 0.193. The number of hydrogen-bond acceptors (Lipinski definition) is 2. The van der Waals surface area contributed by atoms with E-state index >= 15 is 0 Å². The topological polar surface area (TPSA) is 18.5 Å². The lowest BCUT2D eigenvalue weighted by Crippen LogP contribution is -2.42. The Labute approximate surface area is 148 Å². The van der Waals surface area contributed by atoms with Gasteiger partial charge in [-0.3, -0.25) is 0 Å². The van der Waals surface area contributed by atoms with Gasteiger partial charge >= 0.3 is 8.56 Å². The van der Waals surface area contributed by atoms with Gasteiger partial charge in [0.05, 0.1) is 0 Å². The summed E-state index contributed by atoms with van der Waals surface area (Å²) in [5.74, 6) is 0. The molecule has 0 radical (unpaired) electrons. The van der Waals surface area contributed by atoms with Gasteiger partial charge in [-0.05, 0) is 25.9 Å². The SMILES string of the molecule is CCCCCCCCCCCC[Si](CCCC)(OCC)OCC. The first kappa shape index (κ1) is 23.1. The van der Waals surface area contributed by atoms with Crippen LogP contribution in [0, 0.1) is 0 Å². The van der Waals surface area contributed by atoms with Gasteiger partial charge in [-0.2, -0.15) is 0 Å². The fourth-order valence-electron chi connectivity index (χ4n) is 3.31. The van der Waals surface area contributed by atoms with Crippen LogP contribution in [0.1, 0.15) is 105 Å². The van der Waals surface area contributed by atoms with Gasteiger partial charge in [0.2, 0.25) is 0 Å². The van der Waals surface area contributed by atoms with Gasteiger partial charge in [0.1, 0.15) is 0 Å². The molecule has 0 heterocycles. The summed E-state index contributed by atoms with van der Waals surface area (Å²) in [6, 6.07) is 2.38. The lowest BCUT2D eigenvalue weighted by molar-refractivity contribution is 0.180. The van der Waals surface area contributed by atoms with Crippen molar-refractivity contribution in [1.29, 1.82) is 0 Å². The van der Waals surface area contributed by atoms with Crippen LogP contribution in [-0.4, -0.2) is 21.8 Å². The number of unbranched alkanes of at least 4 members (excludes halogenated alkanes) is 10. The standard InChI is InChI=1S/C20H44O2Si/c1-5-9-11-12-13-14-15-16-17-18-20-23(21-7-3,22-8-4)19-10-6-2/h5-20H2,1-4H3. The highest BCUT2D eigenvalue weighted by molar-refractivity contribution is 6.67. The highest BCUT2D eigenvalue weighted by atomic mass is 28.4. The summed E-state index contributed by atoms with van der Waals surface area (Å²) in [7, 11) is -1.91. The molecular weight excluding hydrogens is 300 g/mol. The second kappa shape index (κ2) is 17.0. The number of hydrogen-bond donors (Lipinski definition) is 0. The third-order valence-corrected chi connectivity index (χ3v) is 8.50. The molecule has 0 aliphatic rings. The second-order valence-corrected chi connectivity index (χ2v) is 10.2. The molecule has 0 atom stereocenters. The zero-order chi connectivity index (χ0) is 17.2. The van der Waals surface area contributed by atoms with Gasteiger partial charge in [0, 0.05) is 13.2 Å². The van der Waals surface area contributed by atoms with E-state index in [4.69, 9.17) is 8.85 Å². The molecule has 0 N–H and O–H groups in total. The van der Waals surface area contributed by atoms with E-state index < -0.39 is 8.56 Å². The lowest BCUT2D eigenvalue weighted by atomic mass is 10.1. The lowest BCUT2D eigenvalue weighted by Gasteiger charge is -2.30. The summed E-state index contributed by atoms with van der Waals surface area (Å²) >= 11 is 0. The maximum atomic E-state index is 6.17. The van der Waals surface area contributed by atoms with Crippen LogP contribution >= 0.6 is 0 Å². The van der Waals surface area contributed by atoms with Gasteiger partial charge < -0.3 is 8.85 Å². The monoisotopic (exact) mass is 344 g/mol. The summed E-state index contributed by atoms with van der Waals surface area (Å²) in [5, 5.41) is 0. The first-order valence-electron chi connectivity index (χ1n) is 10.5. The molecule has 2 nitrogen and oxygen atoms in total. The summed E-state index contributed by atoms with van der Waals surface area (Å²) in [4.78, 5) is 0. The summed E-state index contributed by atoms with van der Waals surface area (Å²) in [6.45, 7) is 10.4. The van der Waals surface area contributed by atoms with E-state index in [9.17, 15) is 0 Å². The van der Waals surface area contributed by atoms with Crippen LogP contribution in [0.4, 0.5) is 0 Å². The van der Waals surface area contributed by atoms with Gasteiger partial charge in [-0.15, -0.1) is 0 Å². The van der Waals surface area contributed by atoms with Crippen LogP contribution in [0.15, 0.2) is 0 Å². The fraction of sp³-hybridized carbons (Fsp3) is 1.00. The first-order chi connectivity index (χ1) is 11.2. The van der Waals surface area contributed by atoms with Crippen molar-refractivity contribution in [2.75, 3.05) is 13.2 Å². The minimum Gasteiger partial charge on any atom is -0.394 e. The van der Waals surface area contributed by atoms with E-state index in [2.05, 4.69) is 27.7 Å². The maximum Gasteiger partial charge on any atom is 0.338 e. The van der Waals surface area contributed by atoms with Crippen molar-refractivity contribution in [2.24, 2.45) is 0 Å². The highest BCUT2D eigenvalue weighted by Gasteiger charge is 2.35. The average Bonchev–Trinajstić information content (AvgIpc) is 2.55. The molecule has 0 unspecified atom stereocenters. The van der Waals surface area contributed by atoms with Crippen LogP contribution in [0.5, 0.6) is 0 Å². The third kappa shape index (κ3) is 13.1. The Morgan fingerprint density at radius 3 is 1.30 bits per heavy atom. The minimum absolute atomic E-state index is 0.813. The molecule has 0 rings (SSSR count). The van der Waals surface area contributed by atoms with Crippen LogP contribution in [-0.2, 0) is 8.85 Å². The molecule has 0 saturated carbocycles. The Morgan fingerprint density at radius 1 is 0.478 bits per heavy atom. The minimum atomic E-state index is -1.91. The molecule has 23 heavy (non-hydrogen) atoms. The Balaban J connectivity index is 3.80. The molecule has 0 aromatic carbocycles. The Hall–Kier alpha value is 0.137. The zero-order valence-electron chi connectivity index (χ0n) is 16.6. The van der Waals surface area contributed by atoms with E-state index in [0.29, 0.717) is 0 Å². The first-order valence-corrected chi connectivity index (χ1v) is 12.8. The molecule has 0 aliphatic carbocycles. The number of rotatable bonds is 18. The Kier molecular flexibility index (Phi) is 17.1. The predicted molar refractivity (Wildman–Crippen MR) is 105 cm³/mol. The largest absolute Gasteiger partial charge is 0.394 e. The van der Waals surface area contributed by atoms with E-state index in [1.807, 2.05) is 0 Å². The Morgan fingerprint density at radius 2 is 0.870 bits per heavy atom. The van der Waals surface area contributed by atoms with E-state index in [1.54, 1.807) is 0 Å². The van der Waals surface area contributed by atoms with Crippen LogP contribution in [0.3, 0.4) is 0 Å². The fourth-order valence-corrected chi connectivity index (χ4v) is 6.95. The Bertz CT molecular complexity index is 228. The van der Waals surface area contributed by atoms with E-state index in [1.165, 1.54) is 89.1 Å². The summed E-state index contributed by atoms with van der Waals surface area (Å²) < 4.78 is 12.3. The van der Waals surface area contributed by atoms with Gasteiger partial charge in [-0.1, -0.05) is 90.9 Å². The van der Waals surface area contributed by atoms with Crippen molar-refractivity contribution in [3.63, 3.8) is 0 Å². The summed E-state index contributed by atoms with van der Waals surface area (Å²) in [6.07, 6.45) is 16.5. The molecule has 0 saturated heterocycles. The third-order valence-electron chi connectivity index (χ3n) is 4.64. The molecule has 0 fully saturated rings. The van der Waals surface area contributed by atoms with Crippen molar-refractivity contribution in [3.8, 4) is 0 Å². The predicted octanol–water partition coefficient (Wildman–Crippen LogP) is 7.22. The molecule has 0 aromatic rings. The van der Waals surface area contributed by atoms with Crippen molar-refractivity contribution >= 4 is 8.56 Å². The van der Waals surface area contributed by atoms with Crippen molar-refractivity contribution in [1.82, 2.24) is 0 Å². The molecule has 0 bridgehead atoms. The van der Waals surface area contributed by atoms with Gasteiger partial charge in [0.15, 0.2) is 0 Å². The van der Waals surface area contributed by atoms with Gasteiger partial charge in [-0.25, -0.2) is 0 Å². The molecule has 0 aromatic heterocycles. The molecule has 3 heteroatoms. The molecular formula is C20H44O2Si. The van der Waals surface area contributed by atoms with Crippen LogP contribution in [0.25, 0.3) is 0 Å².